The Morgan fingerprint density at radius 3 is 2.15 bits per heavy atom. The van der Waals surface area contributed by atoms with E-state index in [0.29, 0.717) is 40.2 Å². The zero-order chi connectivity index (χ0) is 43.4. The standard InChI is InChI=1S/C42H41Cl2N5O12/c1-22(50)56-21-35-38(57-23(2)51)39(58-24(3)52)40(59-25(4)53)41(61-35)49-20-29(46-47-49)16-18-55-30-10-5-26(6-11-30)37-36-32(33-19-28(44)9-14-34(33)45-36)15-17-48(37)42(54)60-31-12-7-27(43)8-13-31/h5-14,19-20,35,37-41,45H,15-18,21H2,1-4H3/t35?,37-,38?,39?,40?,41?/m0/s1. The van der Waals surface area contributed by atoms with E-state index in [1.807, 2.05) is 30.3 Å². The molecule has 2 aliphatic heterocycles. The highest BCUT2D eigenvalue weighted by atomic mass is 35.5. The molecule has 7 rings (SSSR count). The highest BCUT2D eigenvalue weighted by Gasteiger charge is 2.53. The Hall–Kier alpha value is -6.17. The quantitative estimate of drug-likeness (QED) is 0.112. The number of nitrogens with zero attached hydrogens (tertiary/aromatic N) is 4. The van der Waals surface area contributed by atoms with Crippen LogP contribution in [-0.4, -0.2) is 99.0 Å². The van der Waals surface area contributed by atoms with E-state index >= 15 is 0 Å². The lowest BCUT2D eigenvalue weighted by Crippen LogP contribution is -2.60. The van der Waals surface area contributed by atoms with Gasteiger partial charge in [-0.05, 0) is 72.1 Å². The molecule has 5 unspecified atom stereocenters. The SMILES string of the molecule is CC(=O)OCC1OC(n2cc(CCOc3ccc([C@H]4c5[nH]c6ccc(Cl)cc6c5CCN4C(=O)Oc4ccc(Cl)cc4)cc3)nn2)C(OC(C)=O)C(OC(C)=O)C1OC(C)=O. The average Bonchev–Trinajstić information content (AvgIpc) is 3.83. The van der Waals surface area contributed by atoms with Crippen LogP contribution in [0.25, 0.3) is 10.9 Å². The second kappa shape index (κ2) is 18.6. The van der Waals surface area contributed by atoms with Gasteiger partial charge in [-0.15, -0.1) is 5.10 Å². The monoisotopic (exact) mass is 877 g/mol. The number of nitrogens with one attached hydrogen (secondary N) is 1. The maximum absolute atomic E-state index is 13.7. The zero-order valence-electron chi connectivity index (χ0n) is 33.4. The number of fused-ring (bicyclic) bond motifs is 3. The van der Waals surface area contributed by atoms with Crippen LogP contribution < -0.4 is 9.47 Å². The summed E-state index contributed by atoms with van der Waals surface area (Å²) in [5.74, 6) is -1.95. The molecule has 2 aromatic heterocycles. The number of hydrogen-bond acceptors (Lipinski definition) is 14. The van der Waals surface area contributed by atoms with Crippen molar-refractivity contribution >= 4 is 64.1 Å². The second-order valence-electron chi connectivity index (χ2n) is 14.3. The molecule has 1 N–H and O–H groups in total. The number of carbonyl (C=O) groups excluding carboxylic acids is 5. The number of benzene rings is 3. The van der Waals surface area contributed by atoms with Crippen LogP contribution in [0.4, 0.5) is 4.79 Å². The van der Waals surface area contributed by atoms with E-state index in [4.69, 9.17) is 56.4 Å². The van der Waals surface area contributed by atoms with Crippen molar-refractivity contribution in [3.63, 3.8) is 0 Å². The lowest BCUT2D eigenvalue weighted by Gasteiger charge is -2.44. The van der Waals surface area contributed by atoms with Gasteiger partial charge in [0, 0.05) is 67.3 Å². The van der Waals surface area contributed by atoms with Gasteiger partial charge in [-0.2, -0.15) is 0 Å². The molecule has 320 valence electrons. The molecule has 17 nitrogen and oxygen atoms in total. The van der Waals surface area contributed by atoms with Gasteiger partial charge in [-0.3, -0.25) is 24.1 Å². The molecule has 0 spiro atoms. The molecule has 0 radical (unpaired) electrons. The first-order valence-electron chi connectivity index (χ1n) is 19.2. The molecule has 0 saturated carbocycles. The van der Waals surface area contributed by atoms with Crippen molar-refractivity contribution in [3.05, 3.63) is 105 Å². The maximum atomic E-state index is 13.7. The number of ether oxygens (including phenoxy) is 7. The van der Waals surface area contributed by atoms with Gasteiger partial charge in [0.15, 0.2) is 24.5 Å². The summed E-state index contributed by atoms with van der Waals surface area (Å²) in [6.45, 7) is 4.81. The fourth-order valence-corrected chi connectivity index (χ4v) is 7.75. The summed E-state index contributed by atoms with van der Waals surface area (Å²) in [7, 11) is 0. The number of amides is 1. The lowest BCUT2D eigenvalue weighted by atomic mass is 9.92. The van der Waals surface area contributed by atoms with Crippen LogP contribution in [0.1, 0.15) is 62.5 Å². The van der Waals surface area contributed by atoms with Crippen LogP contribution in [0, 0.1) is 0 Å². The van der Waals surface area contributed by atoms with Crippen molar-refractivity contribution in [3.8, 4) is 11.5 Å². The van der Waals surface area contributed by atoms with Crippen LogP contribution in [0.2, 0.25) is 10.0 Å². The maximum Gasteiger partial charge on any atom is 0.416 e. The van der Waals surface area contributed by atoms with Crippen LogP contribution in [0.3, 0.4) is 0 Å². The predicted octanol–water partition coefficient (Wildman–Crippen LogP) is 6.09. The molecule has 2 aliphatic rings. The van der Waals surface area contributed by atoms with Gasteiger partial charge in [0.25, 0.3) is 0 Å². The fourth-order valence-electron chi connectivity index (χ4n) is 7.46. The molecule has 61 heavy (non-hydrogen) atoms. The summed E-state index contributed by atoms with van der Waals surface area (Å²) in [4.78, 5) is 67.2. The second-order valence-corrected chi connectivity index (χ2v) is 15.2. The van der Waals surface area contributed by atoms with Crippen LogP contribution in [-0.2, 0) is 55.7 Å². The van der Waals surface area contributed by atoms with E-state index in [0.717, 1.165) is 48.5 Å². The van der Waals surface area contributed by atoms with Gasteiger partial charge >= 0.3 is 30.0 Å². The Bertz CT molecular complexity index is 2420. The molecule has 0 bridgehead atoms. The molecule has 6 atom stereocenters. The molecule has 1 saturated heterocycles. The van der Waals surface area contributed by atoms with E-state index in [9.17, 15) is 24.0 Å². The van der Waals surface area contributed by atoms with Crippen molar-refractivity contribution in [2.75, 3.05) is 19.8 Å². The van der Waals surface area contributed by atoms with Gasteiger partial charge in [0.1, 0.15) is 30.3 Å². The third-order valence-corrected chi connectivity index (χ3v) is 10.4. The normalized spacial score (nSPS) is 20.9. The van der Waals surface area contributed by atoms with Crippen LogP contribution in [0.15, 0.2) is 72.9 Å². The number of aromatic amines is 1. The molecule has 19 heteroatoms. The minimum absolute atomic E-state index is 0.173. The molecule has 3 aromatic carbocycles. The van der Waals surface area contributed by atoms with E-state index in [1.165, 1.54) is 11.6 Å². The van der Waals surface area contributed by atoms with E-state index < -0.39 is 66.7 Å². The van der Waals surface area contributed by atoms with Crippen molar-refractivity contribution in [1.29, 1.82) is 0 Å². The molecular weight excluding hydrogens is 837 g/mol. The zero-order valence-corrected chi connectivity index (χ0v) is 34.9. The van der Waals surface area contributed by atoms with Gasteiger partial charge in [0.2, 0.25) is 0 Å². The topological polar surface area (TPSA) is 200 Å². The summed E-state index contributed by atoms with van der Waals surface area (Å²) in [5.41, 5.74) is 4.10. The largest absolute Gasteiger partial charge is 0.493 e. The first-order chi connectivity index (χ1) is 29.2. The molecule has 5 aromatic rings. The van der Waals surface area contributed by atoms with Gasteiger partial charge in [-0.25, -0.2) is 9.48 Å². The Balaban J connectivity index is 1.07. The average molecular weight is 879 g/mol. The summed E-state index contributed by atoms with van der Waals surface area (Å²) in [5, 5.41) is 10.5. The number of halogens is 2. The van der Waals surface area contributed by atoms with Gasteiger partial charge in [-0.1, -0.05) is 40.5 Å². The summed E-state index contributed by atoms with van der Waals surface area (Å²) >= 11 is 12.4. The minimum atomic E-state index is -1.36. The van der Waals surface area contributed by atoms with Crippen molar-refractivity contribution in [2.24, 2.45) is 0 Å². The van der Waals surface area contributed by atoms with Crippen LogP contribution in [0.5, 0.6) is 11.5 Å². The number of aromatic nitrogens is 4. The third kappa shape index (κ3) is 10.1. The first kappa shape index (κ1) is 42.9. The lowest BCUT2D eigenvalue weighted by molar-refractivity contribution is -0.270. The predicted molar refractivity (Wildman–Crippen MR) is 216 cm³/mol. The van der Waals surface area contributed by atoms with Crippen molar-refractivity contribution in [2.45, 2.75) is 77.2 Å². The van der Waals surface area contributed by atoms with Crippen molar-refractivity contribution in [1.82, 2.24) is 24.9 Å². The van der Waals surface area contributed by atoms with Gasteiger partial charge in [0.05, 0.1) is 18.5 Å². The highest BCUT2D eigenvalue weighted by Crippen LogP contribution is 2.40. The van der Waals surface area contributed by atoms with E-state index in [1.54, 1.807) is 47.5 Å². The first-order valence-corrected chi connectivity index (χ1v) is 20.0. The number of hydrogen-bond donors (Lipinski definition) is 1. The summed E-state index contributed by atoms with van der Waals surface area (Å²) in [6, 6.07) is 19.1. The summed E-state index contributed by atoms with van der Waals surface area (Å²) < 4.78 is 41.0. The number of H-pyrrole nitrogens is 1. The summed E-state index contributed by atoms with van der Waals surface area (Å²) in [6.07, 6.45) is -4.52. The van der Waals surface area contributed by atoms with Crippen molar-refractivity contribution < 1.29 is 57.1 Å². The Morgan fingerprint density at radius 1 is 0.803 bits per heavy atom. The number of rotatable bonds is 12. The third-order valence-electron chi connectivity index (χ3n) is 9.95. The Kier molecular flexibility index (Phi) is 13.1. The Labute approximate surface area is 359 Å². The molecule has 4 heterocycles. The molecule has 0 aliphatic carbocycles. The Morgan fingerprint density at radius 2 is 1.46 bits per heavy atom. The fraction of sp³-hybridized carbons (Fsp3) is 0.357. The molecule has 1 amide bonds. The molecule has 1 fully saturated rings. The molecular formula is C42H41Cl2N5O12. The number of esters is 4. The highest BCUT2D eigenvalue weighted by molar-refractivity contribution is 6.31. The van der Waals surface area contributed by atoms with E-state index in [2.05, 4.69) is 15.3 Å². The smallest absolute Gasteiger partial charge is 0.416 e. The minimum Gasteiger partial charge on any atom is -0.493 e. The number of carbonyl (C=O) groups is 5. The van der Waals surface area contributed by atoms with Gasteiger partial charge < -0.3 is 38.1 Å². The van der Waals surface area contributed by atoms with Crippen LogP contribution >= 0.6 is 23.2 Å². The van der Waals surface area contributed by atoms with E-state index in [-0.39, 0.29) is 19.6 Å².